The number of quaternary nitrogens is 1. The summed E-state index contributed by atoms with van der Waals surface area (Å²) in [5.74, 6) is -3.38. The van der Waals surface area contributed by atoms with E-state index in [1.54, 1.807) is 12.1 Å². The van der Waals surface area contributed by atoms with Crippen molar-refractivity contribution in [1.29, 1.82) is 0 Å². The van der Waals surface area contributed by atoms with Gasteiger partial charge in [0.1, 0.15) is 18.3 Å². The summed E-state index contributed by atoms with van der Waals surface area (Å²) in [4.78, 5) is 24.4. The van der Waals surface area contributed by atoms with Crippen LogP contribution < -0.4 is 10.0 Å². The first-order chi connectivity index (χ1) is 18.8. The van der Waals surface area contributed by atoms with Crippen LogP contribution in [0.15, 0.2) is 53.1 Å². The van der Waals surface area contributed by atoms with E-state index in [0.29, 0.717) is 5.76 Å². The number of hydrogen-bond acceptors (Lipinski definition) is 7. The van der Waals surface area contributed by atoms with E-state index in [1.165, 1.54) is 12.0 Å². The van der Waals surface area contributed by atoms with E-state index in [0.717, 1.165) is 75.6 Å². The van der Waals surface area contributed by atoms with Crippen LogP contribution in [0, 0.1) is 5.92 Å². The van der Waals surface area contributed by atoms with Crippen molar-refractivity contribution in [1.82, 2.24) is 0 Å². The van der Waals surface area contributed by atoms with Gasteiger partial charge >= 0.3 is 12.1 Å². The Kier molecular flexibility index (Phi) is 10.7. The van der Waals surface area contributed by atoms with Crippen LogP contribution in [0.25, 0.3) is 0 Å². The summed E-state index contributed by atoms with van der Waals surface area (Å²) in [6.45, 7) is 3.80. The van der Waals surface area contributed by atoms with E-state index in [9.17, 15) is 23.1 Å². The number of carboxylic acid groups (broad SMARTS) is 1. The maximum Gasteiger partial charge on any atom is 0.430 e. The molecule has 2 aliphatic rings. The number of aliphatic carboxylic acids is 1. The Morgan fingerprint density at radius 2 is 1.75 bits per heavy atom. The van der Waals surface area contributed by atoms with Crippen molar-refractivity contribution in [2.24, 2.45) is 5.92 Å². The Balaban J connectivity index is 0.000000559. The number of esters is 1. The van der Waals surface area contributed by atoms with Gasteiger partial charge in [0.2, 0.25) is 5.60 Å². The van der Waals surface area contributed by atoms with Crippen molar-refractivity contribution in [2.75, 3.05) is 45.2 Å². The fourth-order valence-corrected chi connectivity index (χ4v) is 5.66. The van der Waals surface area contributed by atoms with Gasteiger partial charge < -0.3 is 33.5 Å². The number of furan rings is 1. The van der Waals surface area contributed by atoms with Crippen LogP contribution in [0.2, 0.25) is 0 Å². The van der Waals surface area contributed by atoms with Gasteiger partial charge in [-0.1, -0.05) is 37.5 Å². The Morgan fingerprint density at radius 3 is 2.33 bits per heavy atom. The van der Waals surface area contributed by atoms with Crippen molar-refractivity contribution >= 4 is 17.6 Å². The van der Waals surface area contributed by atoms with E-state index >= 15 is 0 Å². The van der Waals surface area contributed by atoms with Gasteiger partial charge in [-0.25, -0.2) is 4.79 Å². The third kappa shape index (κ3) is 8.23. The number of carbonyl (C=O) groups is 2. The maximum atomic E-state index is 13.3. The number of anilines is 1. The van der Waals surface area contributed by atoms with Crippen molar-refractivity contribution in [2.45, 2.75) is 62.8 Å². The molecule has 1 saturated heterocycles. The predicted molar refractivity (Wildman–Crippen MR) is 140 cm³/mol. The minimum atomic E-state index is -5.19. The smallest absolute Gasteiger partial charge is 0.430 e. The first-order valence-electron chi connectivity index (χ1n) is 13.7. The van der Waals surface area contributed by atoms with Gasteiger partial charge in [-0.2, -0.15) is 13.2 Å². The molecule has 1 aliphatic carbocycles. The minimum absolute atomic E-state index is 0.152. The quantitative estimate of drug-likeness (QED) is 0.364. The van der Waals surface area contributed by atoms with E-state index < -0.39 is 23.7 Å². The second kappa shape index (κ2) is 13.5. The molecule has 1 aromatic carbocycles. The van der Waals surface area contributed by atoms with Crippen molar-refractivity contribution in [3.8, 4) is 0 Å². The van der Waals surface area contributed by atoms with E-state index in [4.69, 9.17) is 19.1 Å². The summed E-state index contributed by atoms with van der Waals surface area (Å²) in [5, 5.41) is 20.4. The Bertz CT molecular complexity index is 1080. The fraction of sp³-hybridized carbons (Fsp3) is 0.586. The lowest BCUT2D eigenvalue weighted by molar-refractivity contribution is -0.898. The topological polar surface area (TPSA) is 103 Å². The van der Waals surface area contributed by atoms with Crippen LogP contribution in [0.3, 0.4) is 0 Å². The van der Waals surface area contributed by atoms with Gasteiger partial charge in [0.05, 0.1) is 26.4 Å². The number of carboxylic acids is 1. The molecule has 1 N–H and O–H groups in total. The molecule has 0 spiro atoms. The zero-order valence-corrected chi connectivity index (χ0v) is 23.1. The largest absolute Gasteiger partial charge is 0.542 e. The second-order valence-electron chi connectivity index (χ2n) is 11.0. The Morgan fingerprint density at radius 1 is 1.10 bits per heavy atom. The zero-order chi connectivity index (χ0) is 29.4. The molecule has 0 radical (unpaired) electrons. The van der Waals surface area contributed by atoms with Gasteiger partial charge in [0, 0.05) is 38.0 Å². The summed E-state index contributed by atoms with van der Waals surface area (Å²) >= 11 is 0. The highest BCUT2D eigenvalue weighted by atomic mass is 19.4. The van der Waals surface area contributed by atoms with Crippen LogP contribution in [-0.4, -0.2) is 74.1 Å². The summed E-state index contributed by atoms with van der Waals surface area (Å²) in [6.07, 6.45) is 2.90. The fourth-order valence-electron chi connectivity index (χ4n) is 5.66. The molecule has 1 saturated carbocycles. The molecule has 2 fully saturated rings. The van der Waals surface area contributed by atoms with Crippen LogP contribution in [0.5, 0.6) is 0 Å². The number of rotatable bonds is 9. The molecule has 11 heteroatoms. The van der Waals surface area contributed by atoms with Crippen LogP contribution in [0.4, 0.5) is 18.9 Å². The number of alkyl halides is 3. The van der Waals surface area contributed by atoms with E-state index in [1.807, 2.05) is 6.07 Å². The third-order valence-corrected chi connectivity index (χ3v) is 7.93. The lowest BCUT2D eigenvalue weighted by Gasteiger charge is -2.35. The standard InChI is InChI=1S/C27H39N2O4.C2HF3O2/c1-28(23-13-7-4-8-14-23)17-10-18-29(2)19-16-24(21-29)33-26(30)27(31,25-15-9-20-32-25)22-11-5-3-6-12-22;3-2(4,5)1(6)7/h4,7-9,13-15,20,22,24,31H,3,5-6,10-12,16-19,21H2,1-2H3;(H,6,7)/q+1;/p-1. The van der Waals surface area contributed by atoms with Crippen molar-refractivity contribution < 1.29 is 46.6 Å². The monoisotopic (exact) mass is 568 g/mol. The molecule has 0 bridgehead atoms. The lowest BCUT2D eigenvalue weighted by Crippen LogP contribution is -2.48. The third-order valence-electron chi connectivity index (χ3n) is 7.93. The number of halogens is 3. The molecule has 1 aromatic heterocycles. The summed E-state index contributed by atoms with van der Waals surface area (Å²) in [7, 11) is 4.38. The summed E-state index contributed by atoms with van der Waals surface area (Å²) < 4.78 is 43.9. The molecule has 0 amide bonds. The molecular weight excluding hydrogens is 529 g/mol. The molecule has 40 heavy (non-hydrogen) atoms. The van der Waals surface area contributed by atoms with E-state index in [-0.39, 0.29) is 12.0 Å². The maximum absolute atomic E-state index is 13.3. The molecule has 2 heterocycles. The van der Waals surface area contributed by atoms with Gasteiger partial charge in [0.15, 0.2) is 6.10 Å². The first-order valence-corrected chi connectivity index (χ1v) is 13.7. The lowest BCUT2D eigenvalue weighted by atomic mass is 9.75. The number of aliphatic hydroxyl groups is 1. The molecular formula is C29H39F3N2O6. The average molecular weight is 569 g/mol. The number of hydrogen-bond donors (Lipinski definition) is 1. The number of ether oxygens (including phenoxy) is 1. The SMILES string of the molecule is CN(CCC[N+]1(C)CCC(OC(=O)C(O)(c2ccco2)C2CCCCC2)C1)c1ccccc1.O=C([O-])C(F)(F)F. The number of nitrogens with zero attached hydrogens (tertiary/aromatic N) is 2. The number of likely N-dealkylation sites (N-methyl/N-ethyl adjacent to an activating group) is 1. The second-order valence-corrected chi connectivity index (χ2v) is 11.0. The van der Waals surface area contributed by atoms with Gasteiger partial charge in [-0.15, -0.1) is 0 Å². The van der Waals surface area contributed by atoms with Crippen molar-refractivity contribution in [3.05, 3.63) is 54.5 Å². The minimum Gasteiger partial charge on any atom is -0.542 e. The van der Waals surface area contributed by atoms with Gasteiger partial charge in [-0.3, -0.25) is 0 Å². The summed E-state index contributed by atoms with van der Waals surface area (Å²) in [6, 6.07) is 13.9. The van der Waals surface area contributed by atoms with Crippen LogP contribution in [0.1, 0.15) is 50.7 Å². The summed E-state index contributed by atoms with van der Waals surface area (Å²) in [5.41, 5.74) is -0.456. The van der Waals surface area contributed by atoms with Crippen LogP contribution >= 0.6 is 0 Å². The molecule has 2 aromatic rings. The highest BCUT2D eigenvalue weighted by Crippen LogP contribution is 2.41. The average Bonchev–Trinajstić information content (AvgIpc) is 3.60. The van der Waals surface area contributed by atoms with Gasteiger partial charge in [-0.05, 0) is 37.1 Å². The van der Waals surface area contributed by atoms with Gasteiger partial charge in [0.25, 0.3) is 0 Å². The zero-order valence-electron chi connectivity index (χ0n) is 23.1. The number of carbonyl (C=O) groups excluding carboxylic acids is 2. The number of para-hydroxylation sites is 1. The highest BCUT2D eigenvalue weighted by molar-refractivity contribution is 5.81. The normalized spacial score (nSPS) is 23.0. The molecule has 1 aliphatic heterocycles. The number of benzene rings is 1. The Hall–Kier alpha value is -3.05. The van der Waals surface area contributed by atoms with Crippen LogP contribution in [-0.2, 0) is 19.9 Å². The molecule has 3 atom stereocenters. The molecule has 8 nitrogen and oxygen atoms in total. The molecule has 4 rings (SSSR count). The van der Waals surface area contributed by atoms with E-state index in [2.05, 4.69) is 43.3 Å². The highest BCUT2D eigenvalue weighted by Gasteiger charge is 2.51. The predicted octanol–water partition coefficient (Wildman–Crippen LogP) is 3.63. The number of likely N-dealkylation sites (tertiary alicyclic amines) is 1. The first kappa shape index (κ1) is 31.5. The molecule has 222 valence electrons. The van der Waals surface area contributed by atoms with Crippen molar-refractivity contribution in [3.63, 3.8) is 0 Å². The Labute approximate surface area is 232 Å². The molecule has 3 unspecified atom stereocenters.